The lowest BCUT2D eigenvalue weighted by Crippen LogP contribution is -2.63. The van der Waals surface area contributed by atoms with E-state index in [4.69, 9.17) is 51.8 Å². The molecule has 5 rings (SSSR count). The molecule has 0 spiro atoms. The molecule has 1 aromatic heterocycles. The lowest BCUT2D eigenvalue weighted by molar-refractivity contribution is -0.319. The molecule has 0 radical (unpaired) electrons. The molecule has 2 aliphatic rings. The Bertz CT molecular complexity index is 2250. The number of benzene rings is 2. The van der Waals surface area contributed by atoms with Gasteiger partial charge in [0.15, 0.2) is 30.7 Å². The van der Waals surface area contributed by atoms with Crippen LogP contribution in [0.5, 0.6) is 17.2 Å². The van der Waals surface area contributed by atoms with E-state index in [0.717, 1.165) is 46.9 Å². The van der Waals surface area contributed by atoms with Crippen molar-refractivity contribution in [2.24, 2.45) is 5.92 Å². The number of ketones is 1. The normalized spacial score (nSPS) is 25.7. The largest absolute Gasteiger partial charge is 0.507 e. The van der Waals surface area contributed by atoms with Crippen LogP contribution < -0.4 is 14.9 Å². The van der Waals surface area contributed by atoms with E-state index in [1.54, 1.807) is 0 Å². The van der Waals surface area contributed by atoms with Gasteiger partial charge in [-0.2, -0.15) is 0 Å². The van der Waals surface area contributed by atoms with Gasteiger partial charge in [0, 0.05) is 66.0 Å². The predicted octanol–water partition coefficient (Wildman–Crippen LogP) is 3.21. The molecule has 2 fully saturated rings. The first kappa shape index (κ1) is 46.7. The summed E-state index contributed by atoms with van der Waals surface area (Å²) in [7, 11) is 0. The van der Waals surface area contributed by atoms with Crippen molar-refractivity contribution in [1.82, 2.24) is 0 Å². The zero-order valence-corrected chi connectivity index (χ0v) is 34.9. The minimum absolute atomic E-state index is 0.0705. The Labute approximate surface area is 353 Å². The number of phenolic OH excluding ortho intramolecular Hbond substituents is 1. The summed E-state index contributed by atoms with van der Waals surface area (Å²) in [6.07, 6.45) is -11.7. The van der Waals surface area contributed by atoms with Gasteiger partial charge in [0.2, 0.25) is 11.7 Å². The van der Waals surface area contributed by atoms with E-state index in [9.17, 15) is 43.5 Å². The van der Waals surface area contributed by atoms with Crippen molar-refractivity contribution in [2.75, 3.05) is 6.61 Å². The second kappa shape index (κ2) is 20.0. The Balaban J connectivity index is 1.51. The molecule has 0 aliphatic carbocycles. The number of rotatable bonds is 14. The van der Waals surface area contributed by atoms with Crippen molar-refractivity contribution < 1.29 is 90.5 Å². The number of ether oxygens (including phenoxy) is 10. The lowest BCUT2D eigenvalue weighted by atomic mass is 9.84. The smallest absolute Gasteiger partial charge is 0.308 e. The summed E-state index contributed by atoms with van der Waals surface area (Å²) in [4.78, 5) is 99.3. The number of hydrogen-bond acceptors (Lipinski definition) is 20. The van der Waals surface area contributed by atoms with E-state index < -0.39 is 121 Å². The first-order valence-electron chi connectivity index (χ1n) is 19.2. The number of carbonyl (C=O) groups excluding carboxylic acids is 7. The van der Waals surface area contributed by atoms with Crippen molar-refractivity contribution in [1.29, 1.82) is 0 Å². The van der Waals surface area contributed by atoms with Crippen LogP contribution in [-0.4, -0.2) is 109 Å². The highest BCUT2D eigenvalue weighted by Crippen LogP contribution is 2.38. The van der Waals surface area contributed by atoms with Crippen molar-refractivity contribution >= 4 is 52.6 Å². The van der Waals surface area contributed by atoms with Gasteiger partial charge in [0.25, 0.3) is 0 Å². The number of esters is 6. The topological polar surface area (TPSA) is 262 Å². The van der Waals surface area contributed by atoms with Gasteiger partial charge < -0.3 is 61.7 Å². The molecule has 62 heavy (non-hydrogen) atoms. The van der Waals surface area contributed by atoms with E-state index in [1.807, 2.05) is 0 Å². The quantitative estimate of drug-likeness (QED) is 0.138. The number of fused-ring (bicyclic) bond motifs is 1. The van der Waals surface area contributed by atoms with Crippen LogP contribution in [0.2, 0.25) is 0 Å². The van der Waals surface area contributed by atoms with Crippen molar-refractivity contribution in [2.45, 2.75) is 117 Å². The summed E-state index contributed by atoms with van der Waals surface area (Å²) < 4.78 is 62.9. The average molecular weight is 871 g/mol. The average Bonchev–Trinajstić information content (AvgIpc) is 3.15. The van der Waals surface area contributed by atoms with Crippen molar-refractivity contribution in [3.63, 3.8) is 0 Å². The van der Waals surface area contributed by atoms with Crippen LogP contribution in [-0.2, 0) is 71.5 Å². The maximum absolute atomic E-state index is 13.6. The molecule has 0 saturated carbocycles. The van der Waals surface area contributed by atoms with Gasteiger partial charge in [-0.15, -0.1) is 0 Å². The number of carbonyl (C=O) groups is 7. The second-order valence-electron chi connectivity index (χ2n) is 14.6. The van der Waals surface area contributed by atoms with Crippen LogP contribution in [0.3, 0.4) is 0 Å². The van der Waals surface area contributed by atoms with Gasteiger partial charge in [0.1, 0.15) is 52.5 Å². The molecule has 1 N–H and O–H groups in total. The van der Waals surface area contributed by atoms with E-state index in [0.29, 0.717) is 5.56 Å². The first-order valence-corrected chi connectivity index (χ1v) is 19.2. The third kappa shape index (κ3) is 11.5. The molecule has 334 valence electrons. The molecule has 3 aromatic rings. The number of Topliss-reactive ketones (excluding diaryl/α,β-unsaturated/α-hetero) is 1. The van der Waals surface area contributed by atoms with Crippen molar-refractivity contribution in [3.05, 3.63) is 52.9 Å². The van der Waals surface area contributed by atoms with Crippen LogP contribution in [0, 0.1) is 5.92 Å². The molecular formula is C42H46O20. The minimum atomic E-state index is -1.63. The van der Waals surface area contributed by atoms with Gasteiger partial charge >= 0.3 is 35.8 Å². The standard InChI is InChI=1S/C42H46O20/c1-18(43)13-29-37(57-22(5)46)33(17-53-41-40(60-25(8)49)39(59-24(7)48)36(19(2)54-41)56-21(4)45)62-42(38(29)58-23(6)47)61-28-14-31(50)34-32(15-28)52-16-30(35(34)51)26-9-11-27(12-10-26)55-20(3)44/h9-12,14-16,19,29,33,36-42,50H,13,17H2,1-8H3. The van der Waals surface area contributed by atoms with Gasteiger partial charge in [-0.25, -0.2) is 0 Å². The zero-order valence-electron chi connectivity index (χ0n) is 34.9. The van der Waals surface area contributed by atoms with Gasteiger partial charge in [-0.1, -0.05) is 12.1 Å². The van der Waals surface area contributed by atoms with E-state index in [-0.39, 0.29) is 34.5 Å². The van der Waals surface area contributed by atoms with Crippen LogP contribution >= 0.6 is 0 Å². The predicted molar refractivity (Wildman–Crippen MR) is 207 cm³/mol. The van der Waals surface area contributed by atoms with E-state index in [2.05, 4.69) is 0 Å². The lowest BCUT2D eigenvalue weighted by Gasteiger charge is -2.46. The van der Waals surface area contributed by atoms with Crippen LogP contribution in [0.1, 0.15) is 61.8 Å². The highest BCUT2D eigenvalue weighted by atomic mass is 16.8. The fourth-order valence-corrected chi connectivity index (χ4v) is 7.25. The number of hydrogen-bond donors (Lipinski definition) is 1. The van der Waals surface area contributed by atoms with Crippen LogP contribution in [0.15, 0.2) is 51.9 Å². The second-order valence-corrected chi connectivity index (χ2v) is 14.6. The number of aromatic hydroxyl groups is 1. The Morgan fingerprint density at radius 2 is 1.21 bits per heavy atom. The zero-order chi connectivity index (χ0) is 45.6. The molecule has 0 amide bonds. The fraction of sp³-hybridized carbons (Fsp3) is 0.476. The number of phenols is 1. The maximum atomic E-state index is 13.6. The van der Waals surface area contributed by atoms with E-state index >= 15 is 0 Å². The summed E-state index contributed by atoms with van der Waals surface area (Å²) >= 11 is 0. The third-order valence-electron chi connectivity index (χ3n) is 9.48. The van der Waals surface area contributed by atoms with Gasteiger partial charge in [0.05, 0.1) is 18.3 Å². The van der Waals surface area contributed by atoms with Crippen molar-refractivity contribution in [3.8, 4) is 28.4 Å². The molecular weight excluding hydrogens is 824 g/mol. The molecule has 20 heteroatoms. The summed E-state index contributed by atoms with van der Waals surface area (Å²) in [5.41, 5.74) is -0.285. The highest BCUT2D eigenvalue weighted by Gasteiger charge is 2.54. The maximum Gasteiger partial charge on any atom is 0.308 e. The Morgan fingerprint density at radius 3 is 1.79 bits per heavy atom. The molecule has 3 heterocycles. The SMILES string of the molecule is CC(=O)CC1C(OC(C)=O)C(COC2OC(C)C(OC(C)=O)C(OC(C)=O)C2OC(C)=O)OC(Oc2cc(O)c3c(=O)c(-c4ccc(OC(C)=O)cc4)coc3c2)C1OC(C)=O. The molecule has 10 atom stereocenters. The Kier molecular flexibility index (Phi) is 15.1. The molecule has 2 aromatic carbocycles. The molecule has 10 unspecified atom stereocenters. The van der Waals surface area contributed by atoms with Gasteiger partial charge in [-0.3, -0.25) is 33.6 Å². The Morgan fingerprint density at radius 1 is 0.645 bits per heavy atom. The molecule has 2 saturated heterocycles. The van der Waals surface area contributed by atoms with Crippen LogP contribution in [0.4, 0.5) is 0 Å². The third-order valence-corrected chi connectivity index (χ3v) is 9.48. The molecule has 0 bridgehead atoms. The van der Waals surface area contributed by atoms with E-state index in [1.165, 1.54) is 51.1 Å². The summed E-state index contributed by atoms with van der Waals surface area (Å²) in [5, 5.41) is 11.0. The fourth-order valence-electron chi connectivity index (χ4n) is 7.25. The first-order chi connectivity index (χ1) is 29.2. The van der Waals surface area contributed by atoms with Gasteiger partial charge in [-0.05, 0) is 31.5 Å². The molecule has 2 aliphatic heterocycles. The summed E-state index contributed by atoms with van der Waals surface area (Å²) in [5.74, 6) is -6.61. The minimum Gasteiger partial charge on any atom is -0.507 e. The summed E-state index contributed by atoms with van der Waals surface area (Å²) in [6.45, 7) is 8.91. The van der Waals surface area contributed by atoms with Crippen LogP contribution in [0.25, 0.3) is 22.1 Å². The Hall–Kier alpha value is -6.38. The monoisotopic (exact) mass is 870 g/mol. The molecule has 20 nitrogen and oxygen atoms in total. The highest BCUT2D eigenvalue weighted by molar-refractivity contribution is 5.88. The summed E-state index contributed by atoms with van der Waals surface area (Å²) in [6, 6.07) is 8.35.